The van der Waals surface area contributed by atoms with Gasteiger partial charge in [0.05, 0.1) is 12.0 Å². The summed E-state index contributed by atoms with van der Waals surface area (Å²) >= 11 is 0. The molecule has 0 spiro atoms. The van der Waals surface area contributed by atoms with Crippen LogP contribution >= 0.6 is 0 Å². The van der Waals surface area contributed by atoms with E-state index in [1.807, 2.05) is 0 Å². The molecule has 0 aliphatic heterocycles. The van der Waals surface area contributed by atoms with Crippen LogP contribution in [0.15, 0.2) is 79.4 Å². The zero-order valence-corrected chi connectivity index (χ0v) is 18.5. The lowest BCUT2D eigenvalue weighted by Gasteiger charge is -2.05. The number of benzene rings is 2. The molecular weight excluding hydrogens is 436 g/mol. The maximum Gasteiger partial charge on any atom is 0.343 e. The summed E-state index contributed by atoms with van der Waals surface area (Å²) in [7, 11) is 0. The minimum Gasteiger partial charge on any atom is -0.425 e. The quantitative estimate of drug-likeness (QED) is 0.184. The fourth-order valence-electron chi connectivity index (χ4n) is 2.28. The van der Waals surface area contributed by atoms with Crippen molar-refractivity contribution < 1.29 is 33.4 Å². The van der Waals surface area contributed by atoms with Crippen LogP contribution in [0.25, 0.3) is 6.08 Å². The van der Waals surface area contributed by atoms with Gasteiger partial charge in [-0.2, -0.15) is 0 Å². The summed E-state index contributed by atoms with van der Waals surface area (Å²) in [4.78, 5) is 46.3. The second kappa shape index (κ2) is 13.0. The van der Waals surface area contributed by atoms with Crippen LogP contribution in [0.1, 0.15) is 34.8 Å². The molecule has 0 unspecified atom stereocenters. The van der Waals surface area contributed by atoms with Crippen LogP contribution in [0.4, 0.5) is 0 Å². The summed E-state index contributed by atoms with van der Waals surface area (Å²) in [5.41, 5.74) is 1.87. The Balaban J connectivity index is 1.86. The predicted molar refractivity (Wildman–Crippen MR) is 125 cm³/mol. The summed E-state index contributed by atoms with van der Waals surface area (Å²) < 4.78 is 14.8. The van der Waals surface area contributed by atoms with Crippen LogP contribution in [0, 0.1) is 11.8 Å². The molecule has 0 fully saturated rings. The van der Waals surface area contributed by atoms with E-state index < -0.39 is 24.7 Å². The molecule has 0 radical (unpaired) electrons. The normalized spacial score (nSPS) is 9.91. The first-order valence-electron chi connectivity index (χ1n) is 10.0. The summed E-state index contributed by atoms with van der Waals surface area (Å²) in [6.07, 6.45) is 3.98. The summed E-state index contributed by atoms with van der Waals surface area (Å²) in [6, 6.07) is 12.9. The topological polar surface area (TPSA) is 96.0 Å². The molecule has 0 amide bonds. The molecule has 7 heteroatoms. The Morgan fingerprint density at radius 2 is 1.65 bits per heavy atom. The largest absolute Gasteiger partial charge is 0.425 e. The molecule has 2 rings (SSSR count). The molecule has 0 atom stereocenters. The molecule has 0 aliphatic rings. The number of carbonyl (C=O) groups is 4. The molecule has 0 aromatic heterocycles. The van der Waals surface area contributed by atoms with E-state index in [4.69, 9.17) is 9.47 Å². The van der Waals surface area contributed by atoms with Gasteiger partial charge < -0.3 is 14.2 Å². The maximum absolute atomic E-state index is 12.3. The second-order valence-corrected chi connectivity index (χ2v) is 6.81. The number of ketones is 1. The summed E-state index contributed by atoms with van der Waals surface area (Å²) in [6.45, 7) is 7.77. The Morgan fingerprint density at radius 3 is 2.26 bits per heavy atom. The standard InChI is InChI=1S/C27H22O7/c1-4-23(28)7-5-6-20-8-13-22(14-9-20)27(31)34-24-15-10-21(11-16-24)12-17-25(29)32-18-33-26(30)19(2)3/h4,8-17H,1-2,7,18H2,3H3/b17-12+. The van der Waals surface area contributed by atoms with Crippen molar-refractivity contribution in [3.63, 3.8) is 0 Å². The van der Waals surface area contributed by atoms with E-state index in [9.17, 15) is 19.2 Å². The molecular formula is C27H22O7. The lowest BCUT2D eigenvalue weighted by molar-refractivity contribution is -0.160. The van der Waals surface area contributed by atoms with Crippen LogP contribution in [-0.4, -0.2) is 30.5 Å². The fourth-order valence-corrected chi connectivity index (χ4v) is 2.28. The van der Waals surface area contributed by atoms with Crippen LogP contribution in [-0.2, 0) is 23.9 Å². The van der Waals surface area contributed by atoms with Crippen molar-refractivity contribution in [3.05, 3.63) is 96.1 Å². The monoisotopic (exact) mass is 458 g/mol. The van der Waals surface area contributed by atoms with Crippen molar-refractivity contribution in [1.29, 1.82) is 0 Å². The first-order valence-corrected chi connectivity index (χ1v) is 10.0. The molecule has 0 saturated heterocycles. The van der Waals surface area contributed by atoms with Crippen molar-refractivity contribution in [2.45, 2.75) is 13.3 Å². The Morgan fingerprint density at radius 1 is 0.971 bits per heavy atom. The Kier molecular flexibility index (Phi) is 9.76. The third-order valence-electron chi connectivity index (χ3n) is 4.09. The van der Waals surface area contributed by atoms with Gasteiger partial charge in [0.2, 0.25) is 6.79 Å². The van der Waals surface area contributed by atoms with Gasteiger partial charge in [-0.1, -0.05) is 37.1 Å². The number of hydrogen-bond donors (Lipinski definition) is 0. The summed E-state index contributed by atoms with van der Waals surface area (Å²) in [5, 5.41) is 0. The van der Waals surface area contributed by atoms with E-state index >= 15 is 0 Å². The second-order valence-electron chi connectivity index (χ2n) is 6.81. The number of hydrogen-bond acceptors (Lipinski definition) is 7. The Bertz CT molecular complexity index is 1170. The predicted octanol–water partition coefficient (Wildman–Crippen LogP) is 4.04. The average molecular weight is 458 g/mol. The zero-order chi connectivity index (χ0) is 24.9. The molecule has 0 N–H and O–H groups in total. The third-order valence-corrected chi connectivity index (χ3v) is 4.09. The fraction of sp³-hybridized carbons (Fsp3) is 0.111. The van der Waals surface area contributed by atoms with Gasteiger partial charge in [-0.05, 0) is 61.0 Å². The van der Waals surface area contributed by atoms with Gasteiger partial charge in [0.25, 0.3) is 0 Å². The first-order chi connectivity index (χ1) is 16.3. The Hall–Kier alpha value is -4.70. The van der Waals surface area contributed by atoms with Crippen LogP contribution in [0.2, 0.25) is 0 Å². The minimum absolute atomic E-state index is 0.0878. The number of allylic oxidation sites excluding steroid dienone is 1. The molecule has 0 bridgehead atoms. The number of ether oxygens (including phenoxy) is 3. The van der Waals surface area contributed by atoms with Crippen LogP contribution < -0.4 is 4.74 Å². The third kappa shape index (κ3) is 8.81. The molecule has 2 aromatic rings. The van der Waals surface area contributed by atoms with E-state index in [0.29, 0.717) is 22.4 Å². The highest BCUT2D eigenvalue weighted by molar-refractivity contribution is 5.92. The Labute approximate surface area is 197 Å². The lowest BCUT2D eigenvalue weighted by Crippen LogP contribution is -2.11. The first kappa shape index (κ1) is 25.6. The molecule has 172 valence electrons. The van der Waals surface area contributed by atoms with Crippen LogP contribution in [0.5, 0.6) is 5.75 Å². The van der Waals surface area contributed by atoms with Gasteiger partial charge in [0.15, 0.2) is 5.78 Å². The minimum atomic E-state index is -0.689. The highest BCUT2D eigenvalue weighted by atomic mass is 16.7. The number of rotatable bonds is 9. The highest BCUT2D eigenvalue weighted by Gasteiger charge is 2.08. The van der Waals surface area contributed by atoms with E-state index in [1.54, 1.807) is 48.5 Å². The van der Waals surface area contributed by atoms with Gasteiger partial charge in [-0.25, -0.2) is 14.4 Å². The number of carbonyl (C=O) groups excluding carboxylic acids is 4. The SMILES string of the molecule is C=CC(=O)CC#Cc1ccc(C(=O)Oc2ccc(/C=C/C(=O)OCOC(=O)C(=C)C)cc2)cc1. The van der Waals surface area contributed by atoms with E-state index in [2.05, 4.69) is 29.7 Å². The average Bonchev–Trinajstić information content (AvgIpc) is 2.83. The van der Waals surface area contributed by atoms with Crippen molar-refractivity contribution in [2.24, 2.45) is 0 Å². The highest BCUT2D eigenvalue weighted by Crippen LogP contribution is 2.15. The van der Waals surface area contributed by atoms with Gasteiger partial charge in [-0.3, -0.25) is 4.79 Å². The van der Waals surface area contributed by atoms with Gasteiger partial charge >= 0.3 is 17.9 Å². The van der Waals surface area contributed by atoms with Crippen LogP contribution in [0.3, 0.4) is 0 Å². The smallest absolute Gasteiger partial charge is 0.343 e. The summed E-state index contributed by atoms with van der Waals surface area (Å²) in [5.74, 6) is 3.86. The molecule has 34 heavy (non-hydrogen) atoms. The lowest BCUT2D eigenvalue weighted by atomic mass is 10.1. The van der Waals surface area contributed by atoms with Crippen molar-refractivity contribution in [2.75, 3.05) is 6.79 Å². The van der Waals surface area contributed by atoms with E-state index in [-0.39, 0.29) is 17.8 Å². The van der Waals surface area contributed by atoms with E-state index in [0.717, 1.165) is 0 Å². The molecule has 0 heterocycles. The molecule has 0 aliphatic carbocycles. The van der Waals surface area contributed by atoms with Crippen molar-refractivity contribution >= 4 is 29.8 Å². The van der Waals surface area contributed by atoms with Gasteiger partial charge in [0, 0.05) is 17.2 Å². The molecule has 0 saturated carbocycles. The molecule has 2 aromatic carbocycles. The van der Waals surface area contributed by atoms with Crippen molar-refractivity contribution in [1.82, 2.24) is 0 Å². The van der Waals surface area contributed by atoms with E-state index in [1.165, 1.54) is 25.2 Å². The zero-order valence-electron chi connectivity index (χ0n) is 18.5. The molecule has 7 nitrogen and oxygen atoms in total. The van der Waals surface area contributed by atoms with Gasteiger partial charge in [-0.15, -0.1) is 0 Å². The number of esters is 3. The van der Waals surface area contributed by atoms with Gasteiger partial charge in [0.1, 0.15) is 5.75 Å². The van der Waals surface area contributed by atoms with Crippen molar-refractivity contribution in [3.8, 4) is 17.6 Å². The maximum atomic E-state index is 12.3.